The minimum Gasteiger partial charge on any atom is -0.465 e. The van der Waals surface area contributed by atoms with Gasteiger partial charge in [-0.2, -0.15) is 0 Å². The van der Waals surface area contributed by atoms with E-state index in [0.29, 0.717) is 19.1 Å². The summed E-state index contributed by atoms with van der Waals surface area (Å²) in [6.07, 6.45) is 1.06. The van der Waals surface area contributed by atoms with Crippen molar-refractivity contribution in [1.29, 1.82) is 0 Å². The van der Waals surface area contributed by atoms with Gasteiger partial charge in [0, 0.05) is 19.0 Å². The van der Waals surface area contributed by atoms with Gasteiger partial charge in [-0.25, -0.2) is 0 Å². The zero-order valence-corrected chi connectivity index (χ0v) is 16.0. The lowest BCUT2D eigenvalue weighted by molar-refractivity contribution is -0.155. The van der Waals surface area contributed by atoms with E-state index in [2.05, 4.69) is 47.8 Å². The molecule has 1 aliphatic rings. The van der Waals surface area contributed by atoms with E-state index in [1.807, 2.05) is 20.8 Å². The maximum Gasteiger partial charge on any atom is 0.311 e. The van der Waals surface area contributed by atoms with Crippen LogP contribution in [0.15, 0.2) is 42.5 Å². The maximum atomic E-state index is 11.9. The zero-order valence-electron chi connectivity index (χ0n) is 16.0. The fourth-order valence-electron chi connectivity index (χ4n) is 3.19. The summed E-state index contributed by atoms with van der Waals surface area (Å²) in [6, 6.07) is 14.8. The number of carbonyl (C=O) groups excluding carboxylic acids is 1. The molecule has 2 aromatic rings. The number of ether oxygens (including phenoxy) is 2. The predicted octanol–water partition coefficient (Wildman–Crippen LogP) is 3.92. The van der Waals surface area contributed by atoms with Crippen molar-refractivity contribution < 1.29 is 14.3 Å². The number of rotatable bonds is 5. The molecular weight excluding hydrogens is 326 g/mol. The minimum atomic E-state index is -0.450. The van der Waals surface area contributed by atoms with Gasteiger partial charge >= 0.3 is 5.97 Å². The molecule has 0 amide bonds. The molecule has 0 saturated carbocycles. The van der Waals surface area contributed by atoms with Crippen LogP contribution in [0, 0.1) is 11.3 Å². The lowest BCUT2D eigenvalue weighted by Gasteiger charge is -2.30. The van der Waals surface area contributed by atoms with Crippen LogP contribution in [0.5, 0.6) is 0 Å². The molecule has 0 radical (unpaired) electrons. The van der Waals surface area contributed by atoms with Gasteiger partial charge in [0.25, 0.3) is 0 Å². The van der Waals surface area contributed by atoms with Crippen molar-refractivity contribution in [2.75, 3.05) is 19.7 Å². The van der Waals surface area contributed by atoms with E-state index >= 15 is 0 Å². The van der Waals surface area contributed by atoms with Crippen molar-refractivity contribution >= 4 is 16.7 Å². The van der Waals surface area contributed by atoms with Crippen LogP contribution in [0.4, 0.5) is 0 Å². The van der Waals surface area contributed by atoms with E-state index < -0.39 is 5.41 Å². The molecule has 0 spiro atoms. The van der Waals surface area contributed by atoms with Crippen molar-refractivity contribution in [2.24, 2.45) is 11.3 Å². The van der Waals surface area contributed by atoms with Gasteiger partial charge in [0.1, 0.15) is 0 Å². The Kier molecular flexibility index (Phi) is 5.94. The van der Waals surface area contributed by atoms with Gasteiger partial charge in [-0.1, -0.05) is 36.4 Å². The van der Waals surface area contributed by atoms with Crippen LogP contribution in [0.2, 0.25) is 0 Å². The minimum absolute atomic E-state index is 0.142. The van der Waals surface area contributed by atoms with E-state index in [-0.39, 0.29) is 12.1 Å². The van der Waals surface area contributed by atoms with Crippen LogP contribution < -0.4 is 5.32 Å². The van der Waals surface area contributed by atoms with Crippen molar-refractivity contribution in [3.63, 3.8) is 0 Å². The first-order valence-corrected chi connectivity index (χ1v) is 9.39. The second-order valence-corrected chi connectivity index (χ2v) is 8.22. The molecule has 1 heterocycles. The third kappa shape index (κ3) is 5.05. The van der Waals surface area contributed by atoms with Gasteiger partial charge in [-0.3, -0.25) is 4.79 Å². The van der Waals surface area contributed by atoms with Gasteiger partial charge in [0.2, 0.25) is 0 Å². The van der Waals surface area contributed by atoms with Crippen LogP contribution >= 0.6 is 0 Å². The normalized spacial score (nSPS) is 20.9. The van der Waals surface area contributed by atoms with Crippen molar-refractivity contribution in [1.82, 2.24) is 5.32 Å². The molecule has 140 valence electrons. The first kappa shape index (κ1) is 18.9. The van der Waals surface area contributed by atoms with E-state index in [0.717, 1.165) is 19.5 Å². The zero-order chi connectivity index (χ0) is 18.6. The molecular formula is C22H29NO3. The Balaban J connectivity index is 1.49. The second-order valence-electron chi connectivity index (χ2n) is 8.22. The highest BCUT2D eigenvalue weighted by Gasteiger charge is 2.27. The number of nitrogens with one attached hydrogen (secondary N) is 1. The largest absolute Gasteiger partial charge is 0.465 e. The molecule has 0 aromatic heterocycles. The summed E-state index contributed by atoms with van der Waals surface area (Å²) in [6.45, 7) is 8.41. The van der Waals surface area contributed by atoms with Gasteiger partial charge in [0.05, 0.1) is 24.7 Å². The highest BCUT2D eigenvalue weighted by molar-refractivity contribution is 5.82. The number of carbonyl (C=O) groups is 1. The smallest absolute Gasteiger partial charge is 0.311 e. The van der Waals surface area contributed by atoms with E-state index in [1.54, 1.807) is 0 Å². The van der Waals surface area contributed by atoms with E-state index in [1.165, 1.54) is 16.3 Å². The summed E-state index contributed by atoms with van der Waals surface area (Å²) in [5.74, 6) is 0.161. The molecule has 0 bridgehead atoms. The molecule has 2 atom stereocenters. The Bertz CT molecular complexity index is 750. The molecule has 2 unspecified atom stereocenters. The quantitative estimate of drug-likeness (QED) is 0.826. The number of hydrogen-bond acceptors (Lipinski definition) is 4. The van der Waals surface area contributed by atoms with Crippen LogP contribution in [-0.2, 0) is 20.9 Å². The molecule has 2 aromatic carbocycles. The Morgan fingerprint density at radius 1 is 1.12 bits per heavy atom. The summed E-state index contributed by atoms with van der Waals surface area (Å²) in [5.41, 5.74) is 0.735. The molecule has 4 heteroatoms. The average molecular weight is 355 g/mol. The summed E-state index contributed by atoms with van der Waals surface area (Å²) in [4.78, 5) is 11.9. The summed E-state index contributed by atoms with van der Waals surface area (Å²) in [7, 11) is 0. The van der Waals surface area contributed by atoms with Gasteiger partial charge in [-0.15, -0.1) is 0 Å². The monoisotopic (exact) mass is 355 g/mol. The standard InChI is InChI=1S/C22H29NO3/c1-22(2,3)21(24)26-15-17-11-20(13-23-12-17)25-14-16-8-9-18-6-4-5-7-19(18)10-16/h4-10,17,20,23H,11-15H2,1-3H3. The molecule has 4 nitrogen and oxygen atoms in total. The van der Waals surface area contributed by atoms with Crippen LogP contribution in [0.3, 0.4) is 0 Å². The number of hydrogen-bond donors (Lipinski definition) is 1. The Labute approximate surface area is 155 Å². The Hall–Kier alpha value is -1.91. The van der Waals surface area contributed by atoms with Crippen molar-refractivity contribution in [2.45, 2.75) is 39.9 Å². The topological polar surface area (TPSA) is 47.6 Å². The van der Waals surface area contributed by atoms with Gasteiger partial charge in [-0.05, 0) is 49.6 Å². The van der Waals surface area contributed by atoms with Crippen LogP contribution in [-0.4, -0.2) is 31.8 Å². The lowest BCUT2D eigenvalue weighted by Crippen LogP contribution is -2.43. The highest BCUT2D eigenvalue weighted by Crippen LogP contribution is 2.21. The van der Waals surface area contributed by atoms with Crippen molar-refractivity contribution in [3.8, 4) is 0 Å². The first-order valence-electron chi connectivity index (χ1n) is 9.39. The number of benzene rings is 2. The lowest BCUT2D eigenvalue weighted by atomic mass is 9.96. The van der Waals surface area contributed by atoms with Crippen LogP contribution in [0.25, 0.3) is 10.8 Å². The van der Waals surface area contributed by atoms with Gasteiger partial charge < -0.3 is 14.8 Å². The number of esters is 1. The third-order valence-electron chi connectivity index (χ3n) is 4.76. The molecule has 1 fully saturated rings. The predicted molar refractivity (Wildman–Crippen MR) is 104 cm³/mol. The summed E-state index contributed by atoms with van der Waals surface area (Å²) >= 11 is 0. The summed E-state index contributed by atoms with van der Waals surface area (Å²) in [5, 5.41) is 5.88. The molecule has 1 N–H and O–H groups in total. The SMILES string of the molecule is CC(C)(C)C(=O)OCC1CNCC(OCc2ccc3ccccc3c2)C1. The number of fused-ring (bicyclic) bond motifs is 1. The maximum absolute atomic E-state index is 11.9. The average Bonchev–Trinajstić information content (AvgIpc) is 2.64. The van der Waals surface area contributed by atoms with Gasteiger partial charge in [0.15, 0.2) is 0 Å². The number of piperidine rings is 1. The first-order chi connectivity index (χ1) is 12.4. The Morgan fingerprint density at radius 3 is 2.65 bits per heavy atom. The molecule has 1 saturated heterocycles. The summed E-state index contributed by atoms with van der Waals surface area (Å²) < 4.78 is 11.6. The second kappa shape index (κ2) is 8.19. The molecule has 0 aliphatic carbocycles. The third-order valence-corrected chi connectivity index (χ3v) is 4.76. The van der Waals surface area contributed by atoms with E-state index in [9.17, 15) is 4.79 Å². The van der Waals surface area contributed by atoms with E-state index in [4.69, 9.17) is 9.47 Å². The Morgan fingerprint density at radius 2 is 1.88 bits per heavy atom. The fraction of sp³-hybridized carbons (Fsp3) is 0.500. The van der Waals surface area contributed by atoms with Crippen molar-refractivity contribution in [3.05, 3.63) is 48.0 Å². The fourth-order valence-corrected chi connectivity index (χ4v) is 3.19. The van der Waals surface area contributed by atoms with Crippen LogP contribution in [0.1, 0.15) is 32.8 Å². The molecule has 26 heavy (non-hydrogen) atoms. The molecule has 3 rings (SSSR count). The highest BCUT2D eigenvalue weighted by atomic mass is 16.5. The molecule has 1 aliphatic heterocycles.